The Morgan fingerprint density at radius 2 is 2.14 bits per heavy atom. The Morgan fingerprint density at radius 1 is 1.38 bits per heavy atom. The van der Waals surface area contributed by atoms with Gasteiger partial charge in [0.2, 0.25) is 5.91 Å². The molecule has 3 rings (SSSR count). The summed E-state index contributed by atoms with van der Waals surface area (Å²) < 4.78 is 7.21. The highest BCUT2D eigenvalue weighted by Crippen LogP contribution is 2.27. The van der Waals surface area contributed by atoms with Crippen LogP contribution in [0.5, 0.6) is 0 Å². The van der Waals surface area contributed by atoms with Gasteiger partial charge >= 0.3 is 0 Å². The standard InChI is InChI=1S/C15H24N4O2/c20-14(17-12-13-2-10-21-11-3-13)15(4-7-16-8-5-15)19-9-1-6-18-19/h1,6,9,13,16H,2-5,7-8,10-12H2,(H,17,20). The molecule has 2 fully saturated rings. The van der Waals surface area contributed by atoms with Crippen molar-refractivity contribution in [3.05, 3.63) is 18.5 Å². The van der Waals surface area contributed by atoms with Gasteiger partial charge in [-0.2, -0.15) is 5.10 Å². The van der Waals surface area contributed by atoms with E-state index < -0.39 is 5.54 Å². The Kier molecular flexibility index (Phi) is 4.55. The average molecular weight is 292 g/mol. The lowest BCUT2D eigenvalue weighted by atomic mass is 9.87. The first-order valence-electron chi connectivity index (χ1n) is 7.88. The maximum absolute atomic E-state index is 12.8. The smallest absolute Gasteiger partial charge is 0.248 e. The van der Waals surface area contributed by atoms with Gasteiger partial charge in [-0.3, -0.25) is 9.48 Å². The number of hydrogen-bond acceptors (Lipinski definition) is 4. The van der Waals surface area contributed by atoms with E-state index in [0.717, 1.165) is 58.5 Å². The number of carbonyl (C=O) groups excluding carboxylic acids is 1. The average Bonchev–Trinajstić information content (AvgIpc) is 3.09. The number of hydrogen-bond donors (Lipinski definition) is 2. The second-order valence-corrected chi connectivity index (χ2v) is 6.00. The largest absolute Gasteiger partial charge is 0.381 e. The summed E-state index contributed by atoms with van der Waals surface area (Å²) in [6.07, 6.45) is 7.30. The highest BCUT2D eigenvalue weighted by molar-refractivity contribution is 5.84. The summed E-state index contributed by atoms with van der Waals surface area (Å²) in [5.41, 5.74) is -0.528. The molecular formula is C15H24N4O2. The van der Waals surface area contributed by atoms with Gasteiger partial charge in [0.15, 0.2) is 0 Å². The minimum absolute atomic E-state index is 0.110. The number of piperidine rings is 1. The normalized spacial score (nSPS) is 22.9. The summed E-state index contributed by atoms with van der Waals surface area (Å²) in [4.78, 5) is 12.8. The molecule has 2 N–H and O–H groups in total. The zero-order chi connectivity index (χ0) is 14.5. The van der Waals surface area contributed by atoms with Gasteiger partial charge in [0, 0.05) is 32.2 Å². The van der Waals surface area contributed by atoms with Crippen molar-refractivity contribution in [2.45, 2.75) is 31.2 Å². The van der Waals surface area contributed by atoms with E-state index in [1.54, 1.807) is 6.20 Å². The van der Waals surface area contributed by atoms with Crippen LogP contribution in [0.15, 0.2) is 18.5 Å². The molecule has 1 aromatic heterocycles. The molecule has 0 bridgehead atoms. The molecule has 2 saturated heterocycles. The fourth-order valence-electron chi connectivity index (χ4n) is 3.27. The molecular weight excluding hydrogens is 268 g/mol. The first kappa shape index (κ1) is 14.5. The number of nitrogens with one attached hydrogen (secondary N) is 2. The van der Waals surface area contributed by atoms with Crippen LogP contribution in [0.3, 0.4) is 0 Å². The van der Waals surface area contributed by atoms with Crippen LogP contribution in [0.4, 0.5) is 0 Å². The lowest BCUT2D eigenvalue weighted by molar-refractivity contribution is -0.132. The van der Waals surface area contributed by atoms with E-state index in [1.807, 2.05) is 16.9 Å². The van der Waals surface area contributed by atoms with Crippen molar-refractivity contribution in [3.63, 3.8) is 0 Å². The number of nitrogens with zero attached hydrogens (tertiary/aromatic N) is 2. The number of ether oxygens (including phenoxy) is 1. The lowest BCUT2D eigenvalue weighted by Gasteiger charge is -2.37. The zero-order valence-electron chi connectivity index (χ0n) is 12.4. The highest BCUT2D eigenvalue weighted by Gasteiger charge is 2.41. The van der Waals surface area contributed by atoms with Gasteiger partial charge in [-0.15, -0.1) is 0 Å². The van der Waals surface area contributed by atoms with Crippen LogP contribution in [-0.4, -0.2) is 48.5 Å². The predicted molar refractivity (Wildman–Crippen MR) is 78.9 cm³/mol. The summed E-state index contributed by atoms with van der Waals surface area (Å²) in [7, 11) is 0. The number of amides is 1. The molecule has 2 aliphatic heterocycles. The SMILES string of the molecule is O=C(NCC1CCOCC1)C1(n2cccn2)CCNCC1. The quantitative estimate of drug-likeness (QED) is 0.848. The van der Waals surface area contributed by atoms with Crippen molar-refractivity contribution in [2.75, 3.05) is 32.8 Å². The van der Waals surface area contributed by atoms with Crippen LogP contribution in [0.2, 0.25) is 0 Å². The fourth-order valence-corrected chi connectivity index (χ4v) is 3.27. The molecule has 6 heteroatoms. The van der Waals surface area contributed by atoms with Crippen molar-refractivity contribution < 1.29 is 9.53 Å². The Balaban J connectivity index is 1.66. The fraction of sp³-hybridized carbons (Fsp3) is 0.733. The van der Waals surface area contributed by atoms with Crippen LogP contribution in [0, 0.1) is 5.92 Å². The van der Waals surface area contributed by atoms with Gasteiger partial charge in [-0.25, -0.2) is 0 Å². The highest BCUT2D eigenvalue weighted by atomic mass is 16.5. The lowest BCUT2D eigenvalue weighted by Crippen LogP contribution is -2.55. The van der Waals surface area contributed by atoms with Gasteiger partial charge in [0.1, 0.15) is 5.54 Å². The Hall–Kier alpha value is -1.40. The summed E-state index contributed by atoms with van der Waals surface area (Å²) in [5.74, 6) is 0.651. The van der Waals surface area contributed by atoms with Crippen LogP contribution >= 0.6 is 0 Å². The molecule has 3 heterocycles. The van der Waals surface area contributed by atoms with Crippen molar-refractivity contribution in [3.8, 4) is 0 Å². The molecule has 0 aromatic carbocycles. The van der Waals surface area contributed by atoms with Gasteiger partial charge in [0.05, 0.1) is 0 Å². The minimum atomic E-state index is -0.528. The third-order valence-electron chi connectivity index (χ3n) is 4.69. The molecule has 6 nitrogen and oxygen atoms in total. The molecule has 116 valence electrons. The van der Waals surface area contributed by atoms with Gasteiger partial charge in [-0.05, 0) is 50.8 Å². The third kappa shape index (κ3) is 3.11. The number of carbonyl (C=O) groups is 1. The van der Waals surface area contributed by atoms with Gasteiger partial charge < -0.3 is 15.4 Å². The second-order valence-electron chi connectivity index (χ2n) is 6.00. The Bertz CT molecular complexity index is 448. The van der Waals surface area contributed by atoms with E-state index in [1.165, 1.54) is 0 Å². The van der Waals surface area contributed by atoms with Crippen LogP contribution in [0.1, 0.15) is 25.7 Å². The summed E-state index contributed by atoms with van der Waals surface area (Å²) in [6, 6.07) is 1.88. The van der Waals surface area contributed by atoms with E-state index in [2.05, 4.69) is 15.7 Å². The van der Waals surface area contributed by atoms with Crippen LogP contribution in [-0.2, 0) is 15.1 Å². The minimum Gasteiger partial charge on any atom is -0.381 e. The monoisotopic (exact) mass is 292 g/mol. The Labute approximate surface area is 125 Å². The molecule has 0 unspecified atom stereocenters. The van der Waals surface area contributed by atoms with E-state index in [0.29, 0.717) is 5.92 Å². The van der Waals surface area contributed by atoms with Crippen molar-refractivity contribution in [1.29, 1.82) is 0 Å². The summed E-state index contributed by atoms with van der Waals surface area (Å²) in [5, 5.41) is 10.8. The molecule has 2 aliphatic rings. The van der Waals surface area contributed by atoms with Crippen molar-refractivity contribution in [1.82, 2.24) is 20.4 Å². The second kappa shape index (κ2) is 6.58. The molecule has 0 radical (unpaired) electrons. The molecule has 0 aliphatic carbocycles. The van der Waals surface area contributed by atoms with Gasteiger partial charge in [0.25, 0.3) is 0 Å². The Morgan fingerprint density at radius 3 is 2.81 bits per heavy atom. The van der Waals surface area contributed by atoms with Crippen molar-refractivity contribution in [2.24, 2.45) is 5.92 Å². The number of aromatic nitrogens is 2. The molecule has 0 atom stereocenters. The van der Waals surface area contributed by atoms with E-state index in [4.69, 9.17) is 4.74 Å². The predicted octanol–water partition coefficient (Wildman–Crippen LogP) is 0.505. The van der Waals surface area contributed by atoms with E-state index in [9.17, 15) is 4.79 Å². The number of rotatable bonds is 4. The maximum atomic E-state index is 12.8. The first-order chi connectivity index (χ1) is 10.3. The summed E-state index contributed by atoms with van der Waals surface area (Å²) in [6.45, 7) is 4.08. The van der Waals surface area contributed by atoms with Gasteiger partial charge in [-0.1, -0.05) is 0 Å². The molecule has 1 aromatic rings. The first-order valence-corrected chi connectivity index (χ1v) is 7.88. The molecule has 1 amide bonds. The van der Waals surface area contributed by atoms with E-state index in [-0.39, 0.29) is 5.91 Å². The third-order valence-corrected chi connectivity index (χ3v) is 4.69. The molecule has 21 heavy (non-hydrogen) atoms. The van der Waals surface area contributed by atoms with Crippen molar-refractivity contribution >= 4 is 5.91 Å². The molecule has 0 spiro atoms. The summed E-state index contributed by atoms with van der Waals surface area (Å²) >= 11 is 0. The topological polar surface area (TPSA) is 68.2 Å². The zero-order valence-corrected chi connectivity index (χ0v) is 12.4. The van der Waals surface area contributed by atoms with Crippen LogP contribution in [0.25, 0.3) is 0 Å². The van der Waals surface area contributed by atoms with Crippen LogP contribution < -0.4 is 10.6 Å². The van der Waals surface area contributed by atoms with E-state index >= 15 is 0 Å². The maximum Gasteiger partial charge on any atom is 0.248 e. The molecule has 0 saturated carbocycles.